The van der Waals surface area contributed by atoms with Crippen LogP contribution in [0.3, 0.4) is 0 Å². The molecule has 0 fully saturated rings. The van der Waals surface area contributed by atoms with Gasteiger partial charge in [0.2, 0.25) is 0 Å². The van der Waals surface area contributed by atoms with Gasteiger partial charge in [0, 0.05) is 5.39 Å². The van der Waals surface area contributed by atoms with Crippen molar-refractivity contribution in [2.45, 2.75) is 6.54 Å². The van der Waals surface area contributed by atoms with E-state index in [2.05, 4.69) is 27.0 Å². The molecule has 30 heavy (non-hydrogen) atoms. The Morgan fingerprint density at radius 3 is 2.37 bits per heavy atom. The Labute approximate surface area is 170 Å². The number of para-hydroxylation sites is 3. The van der Waals surface area contributed by atoms with Crippen molar-refractivity contribution in [3.63, 3.8) is 0 Å². The summed E-state index contributed by atoms with van der Waals surface area (Å²) < 4.78 is 17.0. The fraction of sp³-hybridized carbons (Fsp3) is 0.0435. The molecule has 0 bridgehead atoms. The van der Waals surface area contributed by atoms with Crippen LogP contribution in [0.4, 0.5) is 4.39 Å². The van der Waals surface area contributed by atoms with Crippen molar-refractivity contribution >= 4 is 33.1 Å². The van der Waals surface area contributed by atoms with E-state index in [0.717, 1.165) is 44.5 Å². The van der Waals surface area contributed by atoms with Gasteiger partial charge in [0.15, 0.2) is 5.65 Å². The quantitative estimate of drug-likeness (QED) is 0.443. The number of nitrogens with zero attached hydrogens (tertiary/aromatic N) is 6. The molecule has 3 aromatic heterocycles. The lowest BCUT2D eigenvalue weighted by atomic mass is 10.2. The van der Waals surface area contributed by atoms with Gasteiger partial charge in [-0.15, -0.1) is 5.10 Å². The van der Waals surface area contributed by atoms with Gasteiger partial charge in [0.05, 0.1) is 35.0 Å². The fourth-order valence-corrected chi connectivity index (χ4v) is 3.80. The largest absolute Gasteiger partial charge is 0.318 e. The highest BCUT2D eigenvalue weighted by atomic mass is 19.1. The van der Waals surface area contributed by atoms with Crippen LogP contribution in [0.2, 0.25) is 0 Å². The number of halogens is 1. The molecular formula is C23H15FN6. The summed E-state index contributed by atoms with van der Waals surface area (Å²) in [6.07, 6.45) is 1.85. The van der Waals surface area contributed by atoms with Crippen molar-refractivity contribution < 1.29 is 4.39 Å². The van der Waals surface area contributed by atoms with Gasteiger partial charge in [0.25, 0.3) is 0 Å². The van der Waals surface area contributed by atoms with Crippen molar-refractivity contribution in [2.75, 3.05) is 0 Å². The molecule has 6 rings (SSSR count). The normalized spacial score (nSPS) is 11.6. The molecule has 0 saturated carbocycles. The van der Waals surface area contributed by atoms with E-state index in [4.69, 9.17) is 9.97 Å². The molecule has 6 aromatic rings. The summed E-state index contributed by atoms with van der Waals surface area (Å²) in [4.78, 5) is 9.76. The molecule has 0 radical (unpaired) electrons. The Morgan fingerprint density at radius 2 is 1.53 bits per heavy atom. The Balaban J connectivity index is 1.50. The summed E-state index contributed by atoms with van der Waals surface area (Å²) in [5.41, 5.74) is 5.97. The van der Waals surface area contributed by atoms with E-state index in [9.17, 15) is 4.39 Å². The van der Waals surface area contributed by atoms with E-state index < -0.39 is 0 Å². The Bertz CT molecular complexity index is 1530. The highest BCUT2D eigenvalue weighted by molar-refractivity contribution is 6.06. The van der Waals surface area contributed by atoms with Crippen molar-refractivity contribution in [1.29, 1.82) is 0 Å². The SMILES string of the molecule is Fc1ccc(-n2cc(Cn3c4ccccc4c4nc5ccccc5nc43)nn2)cc1. The van der Waals surface area contributed by atoms with Gasteiger partial charge in [-0.1, -0.05) is 35.5 Å². The van der Waals surface area contributed by atoms with E-state index in [1.165, 1.54) is 12.1 Å². The first-order valence-electron chi connectivity index (χ1n) is 9.57. The lowest BCUT2D eigenvalue weighted by Crippen LogP contribution is -2.01. The molecule has 6 nitrogen and oxygen atoms in total. The molecule has 3 aromatic carbocycles. The zero-order chi connectivity index (χ0) is 20.1. The van der Waals surface area contributed by atoms with E-state index in [0.29, 0.717) is 6.54 Å². The minimum absolute atomic E-state index is 0.282. The van der Waals surface area contributed by atoms with Crippen LogP contribution in [-0.4, -0.2) is 29.5 Å². The second-order valence-corrected chi connectivity index (χ2v) is 7.12. The molecule has 0 aliphatic heterocycles. The number of benzene rings is 3. The van der Waals surface area contributed by atoms with Gasteiger partial charge >= 0.3 is 0 Å². The predicted octanol–water partition coefficient (Wildman–Crippen LogP) is 4.51. The van der Waals surface area contributed by atoms with E-state index in [1.807, 2.05) is 42.6 Å². The van der Waals surface area contributed by atoms with Gasteiger partial charge in [-0.25, -0.2) is 19.0 Å². The number of aromatic nitrogens is 6. The molecule has 144 valence electrons. The first-order valence-corrected chi connectivity index (χ1v) is 9.57. The van der Waals surface area contributed by atoms with Crippen LogP contribution < -0.4 is 0 Å². The summed E-state index contributed by atoms with van der Waals surface area (Å²) in [7, 11) is 0. The smallest absolute Gasteiger partial charge is 0.160 e. The third-order valence-corrected chi connectivity index (χ3v) is 5.21. The predicted molar refractivity (Wildman–Crippen MR) is 113 cm³/mol. The molecule has 0 amide bonds. The van der Waals surface area contributed by atoms with Crippen LogP contribution in [0.25, 0.3) is 38.8 Å². The van der Waals surface area contributed by atoms with E-state index in [-0.39, 0.29) is 5.82 Å². The summed E-state index contributed by atoms with van der Waals surface area (Å²) in [5.74, 6) is -0.282. The highest BCUT2D eigenvalue weighted by Crippen LogP contribution is 2.28. The van der Waals surface area contributed by atoms with Gasteiger partial charge in [-0.05, 0) is 42.5 Å². The number of hydrogen-bond donors (Lipinski definition) is 0. The second-order valence-electron chi connectivity index (χ2n) is 7.12. The van der Waals surface area contributed by atoms with Crippen LogP contribution in [-0.2, 0) is 6.54 Å². The van der Waals surface area contributed by atoms with Gasteiger partial charge < -0.3 is 4.57 Å². The summed E-state index contributed by atoms with van der Waals surface area (Å²) in [6, 6.07) is 22.2. The van der Waals surface area contributed by atoms with Crippen molar-refractivity contribution in [3.05, 3.63) is 90.5 Å². The monoisotopic (exact) mass is 394 g/mol. The third kappa shape index (κ3) is 2.63. The topological polar surface area (TPSA) is 61.4 Å². The summed E-state index contributed by atoms with van der Waals surface area (Å²) in [5, 5.41) is 9.57. The summed E-state index contributed by atoms with van der Waals surface area (Å²) in [6.45, 7) is 0.498. The molecule has 0 aliphatic rings. The molecule has 3 heterocycles. The minimum atomic E-state index is -0.282. The Kier molecular flexibility index (Phi) is 3.61. The van der Waals surface area contributed by atoms with E-state index >= 15 is 0 Å². The third-order valence-electron chi connectivity index (χ3n) is 5.21. The van der Waals surface area contributed by atoms with Crippen LogP contribution in [0, 0.1) is 5.82 Å². The molecule has 0 N–H and O–H groups in total. The zero-order valence-corrected chi connectivity index (χ0v) is 15.8. The fourth-order valence-electron chi connectivity index (χ4n) is 3.80. The molecule has 7 heteroatoms. The zero-order valence-electron chi connectivity index (χ0n) is 15.8. The van der Waals surface area contributed by atoms with Crippen LogP contribution in [0.15, 0.2) is 79.0 Å². The molecule has 0 atom stereocenters. The van der Waals surface area contributed by atoms with Crippen LogP contribution in [0.1, 0.15) is 5.69 Å². The Morgan fingerprint density at radius 1 is 0.800 bits per heavy atom. The molecule has 0 unspecified atom stereocenters. The number of rotatable bonds is 3. The Hall–Kier alpha value is -4.13. The minimum Gasteiger partial charge on any atom is -0.318 e. The lowest BCUT2D eigenvalue weighted by Gasteiger charge is -2.04. The lowest BCUT2D eigenvalue weighted by molar-refractivity contribution is 0.626. The number of hydrogen-bond acceptors (Lipinski definition) is 4. The van der Waals surface area contributed by atoms with E-state index in [1.54, 1.807) is 16.8 Å². The van der Waals surface area contributed by atoms with Gasteiger partial charge in [-0.3, -0.25) is 0 Å². The molecular weight excluding hydrogens is 379 g/mol. The second kappa shape index (κ2) is 6.45. The van der Waals surface area contributed by atoms with Crippen molar-refractivity contribution in [3.8, 4) is 5.69 Å². The average Bonchev–Trinajstić information content (AvgIpc) is 3.37. The van der Waals surface area contributed by atoms with Crippen LogP contribution in [0.5, 0.6) is 0 Å². The maximum absolute atomic E-state index is 13.2. The molecule has 0 spiro atoms. The molecule has 0 aliphatic carbocycles. The highest BCUT2D eigenvalue weighted by Gasteiger charge is 2.15. The first-order chi connectivity index (χ1) is 14.8. The average molecular weight is 394 g/mol. The van der Waals surface area contributed by atoms with Crippen LogP contribution >= 0.6 is 0 Å². The maximum atomic E-state index is 13.2. The standard InChI is InChI=1S/C23H15FN6/c24-15-9-11-17(12-10-15)30-14-16(27-28-30)13-29-21-8-4-1-5-18(21)22-23(29)26-20-7-3-2-6-19(20)25-22/h1-12,14H,13H2. The van der Waals surface area contributed by atoms with Crippen molar-refractivity contribution in [2.24, 2.45) is 0 Å². The maximum Gasteiger partial charge on any atom is 0.160 e. The molecule has 0 saturated heterocycles. The number of fused-ring (bicyclic) bond motifs is 4. The first kappa shape index (κ1) is 16.8. The van der Waals surface area contributed by atoms with Gasteiger partial charge in [0.1, 0.15) is 17.0 Å². The van der Waals surface area contributed by atoms with Crippen molar-refractivity contribution in [1.82, 2.24) is 29.5 Å². The summed E-state index contributed by atoms with van der Waals surface area (Å²) >= 11 is 0. The van der Waals surface area contributed by atoms with Gasteiger partial charge in [-0.2, -0.15) is 0 Å².